The third-order valence-corrected chi connectivity index (χ3v) is 2.68. The van der Waals surface area contributed by atoms with Crippen molar-refractivity contribution in [3.63, 3.8) is 0 Å². The van der Waals surface area contributed by atoms with E-state index >= 15 is 0 Å². The summed E-state index contributed by atoms with van der Waals surface area (Å²) in [6.07, 6.45) is -0.139. The Bertz CT molecular complexity index is 612. The number of carbonyl (C=O) groups is 3. The molecule has 0 fully saturated rings. The number of rotatable bonds is 8. The van der Waals surface area contributed by atoms with Crippen LogP contribution in [-0.4, -0.2) is 43.7 Å². The second-order valence-corrected chi connectivity index (χ2v) is 6.07. The van der Waals surface area contributed by atoms with Gasteiger partial charge in [-0.3, -0.25) is 9.59 Å². The molecule has 8 heteroatoms. The fourth-order valence-electron chi connectivity index (χ4n) is 1.64. The molecule has 0 saturated carbocycles. The molecule has 0 radical (unpaired) electrons. The molecule has 0 aromatic heterocycles. The molecule has 1 aromatic carbocycles. The molecule has 0 aliphatic heterocycles. The molecule has 1 amide bonds. The maximum absolute atomic E-state index is 13.6. The summed E-state index contributed by atoms with van der Waals surface area (Å²) in [4.78, 5) is 33.5. The van der Waals surface area contributed by atoms with Crippen LogP contribution in [0.2, 0.25) is 0 Å². The second-order valence-electron chi connectivity index (χ2n) is 6.07. The van der Waals surface area contributed by atoms with Gasteiger partial charge in [-0.2, -0.15) is 0 Å². The van der Waals surface area contributed by atoms with Crippen molar-refractivity contribution in [1.29, 1.82) is 0 Å². The number of esters is 1. The standard InChI is InChI=1S/C17H22FNO6/c1-17(2,3)25-16(22)19-7-9-23-8-6-15(21)24-14-5-4-12(11-20)10-13(14)18/h4-5,10-11H,6-9H2,1-3H3,(H,19,22). The van der Waals surface area contributed by atoms with Crippen molar-refractivity contribution in [2.75, 3.05) is 19.8 Å². The molecule has 1 aromatic rings. The van der Waals surface area contributed by atoms with Crippen LogP contribution in [0.4, 0.5) is 9.18 Å². The summed E-state index contributed by atoms with van der Waals surface area (Å²) in [6, 6.07) is 3.54. The number of aldehydes is 1. The van der Waals surface area contributed by atoms with E-state index in [-0.39, 0.29) is 37.5 Å². The molecule has 0 bridgehead atoms. The zero-order chi connectivity index (χ0) is 18.9. The van der Waals surface area contributed by atoms with Crippen LogP contribution in [0, 0.1) is 5.82 Å². The molecule has 7 nitrogen and oxygen atoms in total. The van der Waals surface area contributed by atoms with E-state index in [2.05, 4.69) is 5.32 Å². The molecule has 0 unspecified atom stereocenters. The van der Waals surface area contributed by atoms with Gasteiger partial charge < -0.3 is 19.5 Å². The van der Waals surface area contributed by atoms with Crippen LogP contribution in [0.1, 0.15) is 37.6 Å². The minimum absolute atomic E-state index is 0.0584. The minimum atomic E-state index is -0.791. The Hall–Kier alpha value is -2.48. The van der Waals surface area contributed by atoms with Gasteiger partial charge in [-0.25, -0.2) is 9.18 Å². The third-order valence-electron chi connectivity index (χ3n) is 2.68. The fraction of sp³-hybridized carbons (Fsp3) is 0.471. The number of hydrogen-bond acceptors (Lipinski definition) is 6. The van der Waals surface area contributed by atoms with E-state index in [4.69, 9.17) is 14.2 Å². The predicted molar refractivity (Wildman–Crippen MR) is 87.1 cm³/mol. The highest BCUT2D eigenvalue weighted by molar-refractivity contribution is 5.76. The first-order chi connectivity index (χ1) is 11.7. The molecular formula is C17H22FNO6. The van der Waals surface area contributed by atoms with E-state index in [1.165, 1.54) is 12.1 Å². The summed E-state index contributed by atoms with van der Waals surface area (Å²) in [6.45, 7) is 5.74. The van der Waals surface area contributed by atoms with Crippen molar-refractivity contribution in [3.05, 3.63) is 29.6 Å². The number of halogens is 1. The Morgan fingerprint density at radius 1 is 1.24 bits per heavy atom. The third kappa shape index (κ3) is 8.80. The fourth-order valence-corrected chi connectivity index (χ4v) is 1.64. The Morgan fingerprint density at radius 2 is 1.96 bits per heavy atom. The van der Waals surface area contributed by atoms with Gasteiger partial charge >= 0.3 is 12.1 Å². The number of hydrogen-bond donors (Lipinski definition) is 1. The van der Waals surface area contributed by atoms with Crippen LogP contribution in [0.15, 0.2) is 18.2 Å². The normalized spacial score (nSPS) is 10.9. The summed E-state index contributed by atoms with van der Waals surface area (Å²) in [7, 11) is 0. The highest BCUT2D eigenvalue weighted by Gasteiger charge is 2.15. The Kier molecular flexibility index (Phi) is 8.00. The van der Waals surface area contributed by atoms with Gasteiger partial charge in [0.05, 0.1) is 19.6 Å². The lowest BCUT2D eigenvalue weighted by Gasteiger charge is -2.19. The van der Waals surface area contributed by atoms with Gasteiger partial charge in [-0.1, -0.05) is 0 Å². The van der Waals surface area contributed by atoms with E-state index in [1.807, 2.05) is 0 Å². The topological polar surface area (TPSA) is 90.9 Å². The van der Waals surface area contributed by atoms with Crippen LogP contribution in [0.3, 0.4) is 0 Å². The van der Waals surface area contributed by atoms with Crippen LogP contribution in [0.5, 0.6) is 5.75 Å². The number of alkyl carbamates (subject to hydrolysis) is 1. The number of carbonyl (C=O) groups excluding carboxylic acids is 3. The maximum Gasteiger partial charge on any atom is 0.407 e. The van der Waals surface area contributed by atoms with Crippen LogP contribution in [-0.2, 0) is 14.3 Å². The summed E-state index contributed by atoms with van der Waals surface area (Å²) in [5.74, 6) is -1.71. The van der Waals surface area contributed by atoms with Crippen molar-refractivity contribution >= 4 is 18.3 Å². The monoisotopic (exact) mass is 355 g/mol. The average Bonchev–Trinajstić information content (AvgIpc) is 2.51. The van der Waals surface area contributed by atoms with Gasteiger partial charge in [-0.15, -0.1) is 0 Å². The van der Waals surface area contributed by atoms with Crippen molar-refractivity contribution in [1.82, 2.24) is 5.32 Å². The van der Waals surface area contributed by atoms with Gasteiger partial charge in [0, 0.05) is 12.1 Å². The smallest absolute Gasteiger partial charge is 0.407 e. The van der Waals surface area contributed by atoms with Gasteiger partial charge in [0.25, 0.3) is 0 Å². The molecule has 25 heavy (non-hydrogen) atoms. The highest BCUT2D eigenvalue weighted by atomic mass is 19.1. The van der Waals surface area contributed by atoms with Gasteiger partial charge in [0.15, 0.2) is 11.6 Å². The van der Waals surface area contributed by atoms with Crippen molar-refractivity contribution in [3.8, 4) is 5.75 Å². The van der Waals surface area contributed by atoms with Crippen LogP contribution in [0.25, 0.3) is 0 Å². The van der Waals surface area contributed by atoms with E-state index in [0.29, 0.717) is 6.29 Å². The molecule has 0 heterocycles. The first kappa shape index (κ1) is 20.6. The van der Waals surface area contributed by atoms with E-state index in [9.17, 15) is 18.8 Å². The number of amides is 1. The van der Waals surface area contributed by atoms with Crippen molar-refractivity contribution < 1.29 is 33.0 Å². The van der Waals surface area contributed by atoms with Gasteiger partial charge in [-0.05, 0) is 39.0 Å². The van der Waals surface area contributed by atoms with Crippen LogP contribution < -0.4 is 10.1 Å². The summed E-state index contributed by atoms with van der Waals surface area (Å²) < 4.78 is 28.6. The van der Waals surface area contributed by atoms with Crippen molar-refractivity contribution in [2.24, 2.45) is 0 Å². The molecule has 138 valence electrons. The van der Waals surface area contributed by atoms with E-state index in [1.54, 1.807) is 20.8 Å². The number of benzene rings is 1. The first-order valence-corrected chi connectivity index (χ1v) is 7.71. The molecule has 0 saturated heterocycles. The number of ether oxygens (including phenoxy) is 3. The molecule has 1 rings (SSSR count). The summed E-state index contributed by atoms with van der Waals surface area (Å²) in [5, 5.41) is 2.51. The quantitative estimate of drug-likeness (QED) is 0.333. The minimum Gasteiger partial charge on any atom is -0.444 e. The van der Waals surface area contributed by atoms with E-state index < -0.39 is 23.5 Å². The molecule has 0 spiro atoms. The first-order valence-electron chi connectivity index (χ1n) is 7.71. The maximum atomic E-state index is 13.6. The molecule has 0 atom stereocenters. The Labute approximate surface area is 145 Å². The summed E-state index contributed by atoms with van der Waals surface area (Å²) in [5.41, 5.74) is -0.424. The predicted octanol–water partition coefficient (Wildman–Crippen LogP) is 2.48. The summed E-state index contributed by atoms with van der Waals surface area (Å²) >= 11 is 0. The molecule has 1 N–H and O–H groups in total. The lowest BCUT2D eigenvalue weighted by molar-refractivity contribution is -0.135. The highest BCUT2D eigenvalue weighted by Crippen LogP contribution is 2.18. The van der Waals surface area contributed by atoms with Crippen molar-refractivity contribution in [2.45, 2.75) is 32.8 Å². The van der Waals surface area contributed by atoms with Gasteiger partial charge in [0.2, 0.25) is 0 Å². The largest absolute Gasteiger partial charge is 0.444 e. The number of nitrogens with one attached hydrogen (secondary N) is 1. The molecular weight excluding hydrogens is 333 g/mol. The van der Waals surface area contributed by atoms with Gasteiger partial charge in [0.1, 0.15) is 11.9 Å². The lowest BCUT2D eigenvalue weighted by atomic mass is 10.2. The molecule has 0 aliphatic rings. The second kappa shape index (κ2) is 9.73. The Morgan fingerprint density at radius 3 is 2.56 bits per heavy atom. The SMILES string of the molecule is CC(C)(C)OC(=O)NCCOCCC(=O)Oc1ccc(C=O)cc1F. The zero-order valence-corrected chi connectivity index (χ0v) is 14.5. The van der Waals surface area contributed by atoms with E-state index in [0.717, 1.165) is 6.07 Å². The zero-order valence-electron chi connectivity index (χ0n) is 14.5. The molecule has 0 aliphatic carbocycles. The van der Waals surface area contributed by atoms with Crippen LogP contribution >= 0.6 is 0 Å². The Balaban J connectivity index is 2.19. The average molecular weight is 355 g/mol. The lowest BCUT2D eigenvalue weighted by Crippen LogP contribution is -2.34.